The average Bonchev–Trinajstić information content (AvgIpc) is 2.94. The second-order valence-electron chi connectivity index (χ2n) is 17.6. The molecule has 0 radical (unpaired) electrons. The van der Waals surface area contributed by atoms with E-state index in [4.69, 9.17) is 9.47 Å². The number of allylic oxidation sites excluding steroid dienone is 1. The molecule has 0 aromatic heterocycles. The maximum absolute atomic E-state index is 14.3. The summed E-state index contributed by atoms with van der Waals surface area (Å²) in [6.07, 6.45) is -0.114. The first-order valence-electron chi connectivity index (χ1n) is 16.9. The van der Waals surface area contributed by atoms with E-state index in [0.29, 0.717) is 25.7 Å². The highest BCUT2D eigenvalue weighted by Gasteiger charge is 2.71. The molecule has 5 fully saturated rings. The number of carbonyl (C=O) groups excluding carboxylic acids is 1. The third-order valence-electron chi connectivity index (χ3n) is 14.9. The number of aliphatic hydroxyl groups is 6. The molecule has 0 bridgehead atoms. The molecule has 1 heterocycles. The third-order valence-corrected chi connectivity index (χ3v) is 14.9. The van der Waals surface area contributed by atoms with Crippen LogP contribution in [0.2, 0.25) is 0 Å². The normalized spacial score (nSPS) is 54.5. The summed E-state index contributed by atoms with van der Waals surface area (Å²) in [5.74, 6) is -0.484. The minimum atomic E-state index is -1.57. The Morgan fingerprint density at radius 3 is 2.16 bits per heavy atom. The molecule has 0 aromatic carbocycles. The largest absolute Gasteiger partial charge is 0.432 e. The summed E-state index contributed by atoms with van der Waals surface area (Å²) in [6, 6.07) is 0. The fourth-order valence-electron chi connectivity index (χ4n) is 11.8. The van der Waals surface area contributed by atoms with Gasteiger partial charge in [0.15, 0.2) is 0 Å². The number of carbonyl (C=O) groups is 1. The van der Waals surface area contributed by atoms with Crippen LogP contribution >= 0.6 is 0 Å². The van der Waals surface area contributed by atoms with Crippen LogP contribution in [0.15, 0.2) is 11.6 Å². The van der Waals surface area contributed by atoms with E-state index in [1.54, 1.807) is 0 Å². The van der Waals surface area contributed by atoms with Gasteiger partial charge in [-0.25, -0.2) is 0 Å². The van der Waals surface area contributed by atoms with Gasteiger partial charge in [-0.05, 0) is 90.3 Å². The molecule has 6 N–H and O–H groups in total. The van der Waals surface area contributed by atoms with Gasteiger partial charge in [0.05, 0.1) is 30.3 Å². The summed E-state index contributed by atoms with van der Waals surface area (Å²) < 4.78 is 11.3. The van der Waals surface area contributed by atoms with Crippen molar-refractivity contribution < 1.29 is 44.9 Å². The fraction of sp³-hybridized carbons (Fsp3) is 0.914. The van der Waals surface area contributed by atoms with Crippen molar-refractivity contribution in [2.45, 2.75) is 143 Å². The predicted octanol–water partition coefficient (Wildman–Crippen LogP) is 3.07. The van der Waals surface area contributed by atoms with Gasteiger partial charge in [0.1, 0.15) is 18.3 Å². The number of hydrogen-bond donors (Lipinski definition) is 6. The van der Waals surface area contributed by atoms with Crippen molar-refractivity contribution >= 4 is 5.97 Å². The zero-order valence-electron chi connectivity index (χ0n) is 27.6. The molecule has 1 aliphatic heterocycles. The average molecular weight is 621 g/mol. The predicted molar refractivity (Wildman–Crippen MR) is 162 cm³/mol. The van der Waals surface area contributed by atoms with Crippen LogP contribution in [0.5, 0.6) is 0 Å². The lowest BCUT2D eigenvalue weighted by atomic mass is 9.33. The second kappa shape index (κ2) is 10.2. The van der Waals surface area contributed by atoms with Crippen molar-refractivity contribution in [1.29, 1.82) is 0 Å². The topological polar surface area (TPSA) is 157 Å². The van der Waals surface area contributed by atoms with Crippen LogP contribution in [-0.2, 0) is 14.3 Å². The molecule has 0 spiro atoms. The molecule has 0 unspecified atom stereocenters. The molecule has 6 rings (SSSR count). The Bertz CT molecular complexity index is 1200. The lowest BCUT2D eigenvalue weighted by Gasteiger charge is -2.71. The molecule has 6 aliphatic rings. The molecule has 14 atom stereocenters. The summed E-state index contributed by atoms with van der Waals surface area (Å²) in [6.45, 7) is 15.1. The molecule has 5 aliphatic carbocycles. The molecule has 9 heteroatoms. The van der Waals surface area contributed by atoms with Crippen molar-refractivity contribution in [1.82, 2.24) is 0 Å². The van der Waals surface area contributed by atoms with Crippen LogP contribution in [0, 0.1) is 50.2 Å². The molecule has 0 amide bonds. The van der Waals surface area contributed by atoms with Gasteiger partial charge in [-0.15, -0.1) is 0 Å². The lowest BCUT2D eigenvalue weighted by Crippen LogP contribution is -2.68. The number of rotatable bonds is 2. The van der Waals surface area contributed by atoms with Crippen molar-refractivity contribution in [3.63, 3.8) is 0 Å². The fourth-order valence-corrected chi connectivity index (χ4v) is 11.8. The number of fused-ring (bicyclic) bond motifs is 7. The molecule has 250 valence electrons. The third kappa shape index (κ3) is 4.18. The van der Waals surface area contributed by atoms with E-state index in [0.717, 1.165) is 31.3 Å². The Labute approximate surface area is 262 Å². The summed E-state index contributed by atoms with van der Waals surface area (Å²) in [7, 11) is 0. The van der Waals surface area contributed by atoms with E-state index < -0.39 is 71.0 Å². The SMILES string of the molecule is CC1(C)CC[C@]2(C(=O)O[C@@H]3OC[C@@H](O)[C@H](O)[C@H]3O)CC[C@]3(C)C(=CC[C@@H]4[C@@]5(C)C[C@@H](O)[C@H](O)C(C)(C)[C@@H]5CC[C@]43C)[C@@H]2[C@@H]1O. The number of esters is 1. The van der Waals surface area contributed by atoms with Gasteiger partial charge >= 0.3 is 5.97 Å². The monoisotopic (exact) mass is 620 g/mol. The van der Waals surface area contributed by atoms with Gasteiger partial charge in [0, 0.05) is 5.92 Å². The van der Waals surface area contributed by atoms with Crippen LogP contribution in [0.3, 0.4) is 0 Å². The van der Waals surface area contributed by atoms with E-state index in [1.807, 2.05) is 0 Å². The highest BCUT2D eigenvalue weighted by molar-refractivity contribution is 5.79. The second-order valence-corrected chi connectivity index (χ2v) is 17.6. The smallest absolute Gasteiger partial charge is 0.315 e. The van der Waals surface area contributed by atoms with Crippen LogP contribution in [0.1, 0.15) is 99.8 Å². The number of aliphatic hydroxyl groups excluding tert-OH is 6. The maximum Gasteiger partial charge on any atom is 0.315 e. The van der Waals surface area contributed by atoms with Crippen molar-refractivity contribution in [2.24, 2.45) is 50.2 Å². The molecule has 9 nitrogen and oxygen atoms in total. The minimum Gasteiger partial charge on any atom is -0.432 e. The van der Waals surface area contributed by atoms with E-state index in [1.165, 1.54) is 0 Å². The standard InChI is InChI=1S/C35H56O9/c1-30(2)12-14-35(29(42)44-28-25(39)24(38)20(37)17-43-28)15-13-33(6)18(23(35)27(30)41)8-9-22-32(5)16-19(36)26(40)31(3,4)21(32)10-11-34(22,33)7/h8,19-28,36-41H,9-17H2,1-7H3/t19-,20-,21+,22-,23-,24+,25-,26+,27+,28+,32+,33-,34-,35+/m1/s1. The van der Waals surface area contributed by atoms with Gasteiger partial charge in [-0.1, -0.05) is 60.1 Å². The Morgan fingerprint density at radius 2 is 1.48 bits per heavy atom. The lowest BCUT2D eigenvalue weighted by molar-refractivity contribution is -0.272. The Balaban J connectivity index is 1.39. The molecule has 1 saturated heterocycles. The maximum atomic E-state index is 14.3. The Morgan fingerprint density at radius 1 is 0.818 bits per heavy atom. The zero-order valence-corrected chi connectivity index (χ0v) is 27.6. The first-order valence-corrected chi connectivity index (χ1v) is 16.9. The summed E-state index contributed by atoms with van der Waals surface area (Å²) >= 11 is 0. The van der Waals surface area contributed by atoms with Crippen LogP contribution in [0.4, 0.5) is 0 Å². The van der Waals surface area contributed by atoms with E-state index >= 15 is 0 Å². The van der Waals surface area contributed by atoms with E-state index in [-0.39, 0.29) is 34.7 Å². The van der Waals surface area contributed by atoms with E-state index in [9.17, 15) is 35.4 Å². The first-order chi connectivity index (χ1) is 20.3. The number of hydrogen-bond acceptors (Lipinski definition) is 9. The molecular weight excluding hydrogens is 564 g/mol. The van der Waals surface area contributed by atoms with Crippen molar-refractivity contribution in [2.75, 3.05) is 6.61 Å². The quantitative estimate of drug-likeness (QED) is 0.202. The van der Waals surface area contributed by atoms with Crippen LogP contribution in [0.25, 0.3) is 0 Å². The van der Waals surface area contributed by atoms with E-state index in [2.05, 4.69) is 54.5 Å². The number of ether oxygens (including phenoxy) is 2. The summed E-state index contributed by atoms with van der Waals surface area (Å²) in [5, 5.41) is 64.9. The minimum absolute atomic E-state index is 0.152. The Hall–Kier alpha value is -1.07. The molecule has 0 aromatic rings. The molecule has 44 heavy (non-hydrogen) atoms. The Kier molecular flexibility index (Phi) is 7.63. The van der Waals surface area contributed by atoms with Gasteiger partial charge in [0.2, 0.25) is 6.29 Å². The van der Waals surface area contributed by atoms with Crippen molar-refractivity contribution in [3.8, 4) is 0 Å². The summed E-state index contributed by atoms with van der Waals surface area (Å²) in [5.41, 5.74) is -1.37. The van der Waals surface area contributed by atoms with Crippen molar-refractivity contribution in [3.05, 3.63) is 11.6 Å². The highest BCUT2D eigenvalue weighted by Crippen LogP contribution is 2.75. The van der Waals surface area contributed by atoms with Gasteiger partial charge in [0.25, 0.3) is 0 Å². The highest BCUT2D eigenvalue weighted by atomic mass is 16.7. The van der Waals surface area contributed by atoms with Gasteiger partial charge in [-0.3, -0.25) is 4.79 Å². The first kappa shape index (κ1) is 32.9. The van der Waals surface area contributed by atoms with Gasteiger partial charge < -0.3 is 40.1 Å². The molecular formula is C35H56O9. The van der Waals surface area contributed by atoms with Gasteiger partial charge in [-0.2, -0.15) is 0 Å². The molecule has 4 saturated carbocycles. The van der Waals surface area contributed by atoms with Crippen LogP contribution in [-0.4, -0.2) is 86.1 Å². The zero-order chi connectivity index (χ0) is 32.4. The van der Waals surface area contributed by atoms with Crippen LogP contribution < -0.4 is 0 Å². The summed E-state index contributed by atoms with van der Waals surface area (Å²) in [4.78, 5) is 14.3.